The molecule has 1 aliphatic rings. The maximum Gasteiger partial charge on any atom is 0.277 e. The predicted octanol–water partition coefficient (Wildman–Crippen LogP) is 1.34. The van der Waals surface area contributed by atoms with Gasteiger partial charge in [0.1, 0.15) is 6.26 Å². The van der Waals surface area contributed by atoms with E-state index in [1.54, 1.807) is 32.2 Å². The molecule has 0 radical (unpaired) electrons. The molecular weight excluding hydrogens is 354 g/mol. The number of aryl methyl sites for hydroxylation is 1. The lowest BCUT2D eigenvalue weighted by Crippen LogP contribution is -2.50. The van der Waals surface area contributed by atoms with E-state index in [-0.39, 0.29) is 23.3 Å². The van der Waals surface area contributed by atoms with Crippen LogP contribution in [0.5, 0.6) is 0 Å². The minimum atomic E-state index is -2.57. The van der Waals surface area contributed by atoms with Gasteiger partial charge in [-0.25, -0.2) is 14.2 Å². The Morgan fingerprint density at radius 2 is 2.23 bits per heavy atom. The van der Waals surface area contributed by atoms with Crippen LogP contribution in [-0.2, 0) is 15.2 Å². The number of nitrogens with two attached hydrogens (primary N) is 1. The van der Waals surface area contributed by atoms with Gasteiger partial charge in [0.15, 0.2) is 11.6 Å². The molecule has 138 valence electrons. The fourth-order valence-corrected chi connectivity index (χ4v) is 4.49. The lowest BCUT2D eigenvalue weighted by molar-refractivity contribution is 0.102. The first-order chi connectivity index (χ1) is 12.1. The number of carbonyl (C=O) groups excluding carboxylic acids is 1. The van der Waals surface area contributed by atoms with Crippen LogP contribution in [0, 0.1) is 6.92 Å². The van der Waals surface area contributed by atoms with Crippen LogP contribution in [0.3, 0.4) is 0 Å². The van der Waals surface area contributed by atoms with E-state index in [0.717, 1.165) is 5.56 Å². The van der Waals surface area contributed by atoms with Gasteiger partial charge in [0.05, 0.1) is 21.0 Å². The van der Waals surface area contributed by atoms with E-state index >= 15 is 0 Å². The Hall–Kier alpha value is -2.81. The van der Waals surface area contributed by atoms with Gasteiger partial charge in [0, 0.05) is 19.7 Å². The molecule has 2 atom stereocenters. The van der Waals surface area contributed by atoms with Crippen LogP contribution >= 0.6 is 0 Å². The van der Waals surface area contributed by atoms with Crippen molar-refractivity contribution in [3.8, 4) is 0 Å². The van der Waals surface area contributed by atoms with E-state index in [0.29, 0.717) is 11.6 Å². The van der Waals surface area contributed by atoms with Gasteiger partial charge in [0.25, 0.3) is 5.91 Å². The summed E-state index contributed by atoms with van der Waals surface area (Å²) >= 11 is 0. The molecule has 0 aliphatic carbocycles. The van der Waals surface area contributed by atoms with Gasteiger partial charge >= 0.3 is 0 Å². The minimum absolute atomic E-state index is 0.172. The number of benzene rings is 1. The van der Waals surface area contributed by atoms with E-state index in [4.69, 9.17) is 10.2 Å². The molecule has 2 heterocycles. The van der Waals surface area contributed by atoms with Crippen molar-refractivity contribution in [3.63, 3.8) is 0 Å². The van der Waals surface area contributed by atoms with Crippen molar-refractivity contribution in [2.75, 3.05) is 18.1 Å². The number of aromatic nitrogens is 1. The molecule has 0 saturated heterocycles. The molecule has 26 heavy (non-hydrogen) atoms. The SMILES string of the molecule is C=S1(=O)C[C@@](C)(c2cccc(NC(=O)c3coc(C)n3)c2)N=C(N)N1C. The highest BCUT2D eigenvalue weighted by molar-refractivity contribution is 7.98. The number of oxazole rings is 1. The molecule has 3 rings (SSSR count). The third kappa shape index (κ3) is 3.30. The van der Waals surface area contributed by atoms with Gasteiger partial charge in [-0.1, -0.05) is 12.1 Å². The smallest absolute Gasteiger partial charge is 0.277 e. The van der Waals surface area contributed by atoms with Gasteiger partial charge in [-0.15, -0.1) is 0 Å². The minimum Gasteiger partial charge on any atom is -0.448 e. The average molecular weight is 375 g/mol. The molecular formula is C17H21N5O3S. The van der Waals surface area contributed by atoms with Crippen LogP contribution in [0.1, 0.15) is 28.9 Å². The molecule has 8 nitrogen and oxygen atoms in total. The number of guanidine groups is 1. The summed E-state index contributed by atoms with van der Waals surface area (Å²) in [5, 5.41) is 2.77. The number of hydrogen-bond acceptors (Lipinski definition) is 6. The lowest BCUT2D eigenvalue weighted by Gasteiger charge is -2.37. The van der Waals surface area contributed by atoms with Crippen molar-refractivity contribution in [3.05, 3.63) is 47.7 Å². The van der Waals surface area contributed by atoms with Crippen LogP contribution in [0.15, 0.2) is 39.9 Å². The summed E-state index contributed by atoms with van der Waals surface area (Å²) in [5.74, 6) is 4.23. The molecule has 0 spiro atoms. The Morgan fingerprint density at radius 1 is 1.50 bits per heavy atom. The van der Waals surface area contributed by atoms with E-state index < -0.39 is 15.2 Å². The zero-order valence-electron chi connectivity index (χ0n) is 14.9. The molecule has 1 unspecified atom stereocenters. The van der Waals surface area contributed by atoms with Crippen LogP contribution < -0.4 is 11.1 Å². The lowest BCUT2D eigenvalue weighted by atomic mass is 9.94. The highest BCUT2D eigenvalue weighted by Crippen LogP contribution is 2.33. The first-order valence-electron chi connectivity index (χ1n) is 7.89. The second-order valence-corrected chi connectivity index (χ2v) is 8.83. The fraction of sp³-hybridized carbons (Fsp3) is 0.294. The molecule has 1 aromatic carbocycles. The molecule has 0 fully saturated rings. The summed E-state index contributed by atoms with van der Waals surface area (Å²) in [6, 6.07) is 7.18. The standard InChI is InChI=1S/C17H21N5O3S/c1-11-19-14(9-25-11)15(23)20-13-7-5-6-12(8-13)17(2)10-26(4,24)22(3)16(18)21-17/h5-9H,4,10H2,1-3H3,(H2,18,21)(H,20,23)/t17-,26?/m0/s1. The second kappa shape index (κ2) is 6.17. The third-order valence-corrected chi connectivity index (χ3v) is 6.48. The highest BCUT2D eigenvalue weighted by Gasteiger charge is 2.37. The monoisotopic (exact) mass is 375 g/mol. The Morgan fingerprint density at radius 3 is 2.85 bits per heavy atom. The largest absolute Gasteiger partial charge is 0.448 e. The summed E-state index contributed by atoms with van der Waals surface area (Å²) in [7, 11) is -0.959. The van der Waals surface area contributed by atoms with Crippen molar-refractivity contribution in [2.45, 2.75) is 19.4 Å². The van der Waals surface area contributed by atoms with Crippen molar-refractivity contribution in [1.29, 1.82) is 0 Å². The van der Waals surface area contributed by atoms with Crippen molar-refractivity contribution in [2.24, 2.45) is 10.7 Å². The quantitative estimate of drug-likeness (QED) is 0.786. The van der Waals surface area contributed by atoms with Crippen LogP contribution in [0.4, 0.5) is 5.69 Å². The number of rotatable bonds is 3. The van der Waals surface area contributed by atoms with E-state index in [1.165, 1.54) is 10.6 Å². The number of hydrogen-bond donors (Lipinski definition) is 2. The van der Waals surface area contributed by atoms with E-state index in [2.05, 4.69) is 21.2 Å². The van der Waals surface area contributed by atoms with Crippen LogP contribution in [0.2, 0.25) is 0 Å². The molecule has 3 N–H and O–H groups in total. The van der Waals surface area contributed by atoms with Gasteiger partial charge < -0.3 is 15.5 Å². The summed E-state index contributed by atoms with van der Waals surface area (Å²) in [5.41, 5.74) is 6.67. The second-order valence-electron chi connectivity index (χ2n) is 6.44. The van der Waals surface area contributed by atoms with Gasteiger partial charge in [-0.3, -0.25) is 9.10 Å². The Labute approximate surface area is 152 Å². The Balaban J connectivity index is 1.91. The molecule has 0 saturated carbocycles. The summed E-state index contributed by atoms with van der Waals surface area (Å²) in [6.45, 7) is 3.51. The number of carbonyl (C=O) groups is 1. The Kier molecular flexibility index (Phi) is 4.27. The van der Waals surface area contributed by atoms with Gasteiger partial charge in [0.2, 0.25) is 5.96 Å². The average Bonchev–Trinajstić information content (AvgIpc) is 2.99. The molecule has 0 bridgehead atoms. The highest BCUT2D eigenvalue weighted by atomic mass is 32.2. The maximum atomic E-state index is 12.8. The predicted molar refractivity (Wildman–Crippen MR) is 103 cm³/mol. The van der Waals surface area contributed by atoms with E-state index in [1.807, 2.05) is 13.0 Å². The zero-order chi connectivity index (χ0) is 19.1. The van der Waals surface area contributed by atoms with Crippen molar-refractivity contribution >= 4 is 33.1 Å². The zero-order valence-corrected chi connectivity index (χ0v) is 15.7. The first-order valence-corrected chi connectivity index (χ1v) is 9.74. The van der Waals surface area contributed by atoms with Gasteiger partial charge in [-0.2, -0.15) is 0 Å². The number of amides is 1. The summed E-state index contributed by atoms with van der Waals surface area (Å²) < 4.78 is 19.2. The fourth-order valence-electron chi connectivity index (χ4n) is 2.80. The van der Waals surface area contributed by atoms with Crippen LogP contribution in [0.25, 0.3) is 0 Å². The van der Waals surface area contributed by atoms with Crippen molar-refractivity contribution < 1.29 is 13.4 Å². The molecule has 1 amide bonds. The molecule has 1 aromatic heterocycles. The molecule has 2 aromatic rings. The molecule has 9 heteroatoms. The number of nitrogens with one attached hydrogen (secondary N) is 1. The first kappa shape index (κ1) is 18.0. The van der Waals surface area contributed by atoms with Crippen LogP contribution in [-0.4, -0.2) is 44.0 Å². The van der Waals surface area contributed by atoms with Gasteiger partial charge in [-0.05, 0) is 30.5 Å². The number of aliphatic imine (C=N–C) groups is 1. The number of anilines is 1. The Bertz CT molecular complexity index is 995. The maximum absolute atomic E-state index is 12.8. The van der Waals surface area contributed by atoms with Crippen molar-refractivity contribution in [1.82, 2.24) is 9.29 Å². The molecule has 1 aliphatic heterocycles. The summed E-state index contributed by atoms with van der Waals surface area (Å²) in [6.07, 6.45) is 1.30. The van der Waals surface area contributed by atoms with E-state index in [9.17, 15) is 9.00 Å². The topological polar surface area (TPSA) is 114 Å². The summed E-state index contributed by atoms with van der Waals surface area (Å²) in [4.78, 5) is 20.8. The number of nitrogens with zero attached hydrogens (tertiary/aromatic N) is 3. The normalized spacial score (nSPS) is 25.7. The third-order valence-electron chi connectivity index (χ3n) is 4.28.